The highest BCUT2D eigenvalue weighted by Gasteiger charge is 2.08. The average molecular weight is 314 g/mol. The van der Waals surface area contributed by atoms with Crippen LogP contribution in [0.4, 0.5) is 5.82 Å². The van der Waals surface area contributed by atoms with Crippen molar-refractivity contribution in [2.45, 2.75) is 13.8 Å². The van der Waals surface area contributed by atoms with E-state index >= 15 is 0 Å². The number of hydrogen-bond acceptors (Lipinski definition) is 7. The van der Waals surface area contributed by atoms with Crippen molar-refractivity contribution >= 4 is 11.7 Å². The Kier molecular flexibility index (Phi) is 4.05. The predicted molar refractivity (Wildman–Crippen MR) is 79.8 cm³/mol. The van der Waals surface area contributed by atoms with Gasteiger partial charge in [0.2, 0.25) is 11.8 Å². The van der Waals surface area contributed by atoms with Gasteiger partial charge < -0.3 is 19.0 Å². The molecule has 0 aliphatic heterocycles. The third-order valence-electron chi connectivity index (χ3n) is 2.89. The standard InChI is InChI=1S/C15H14N4O4/c1-9-7-13(19-23-9)16-14(20)8-21-12-5-3-11(4-6-12)15-18-17-10(2)22-15/h3-7H,8H2,1-2H3,(H,16,19,20). The van der Waals surface area contributed by atoms with E-state index in [0.29, 0.717) is 29.1 Å². The predicted octanol–water partition coefficient (Wildman–Crippen LogP) is 2.36. The minimum atomic E-state index is -0.324. The molecule has 3 aromatic rings. The number of aryl methyl sites for hydroxylation is 2. The number of hydrogen-bond donors (Lipinski definition) is 1. The van der Waals surface area contributed by atoms with Gasteiger partial charge in [-0.1, -0.05) is 5.16 Å². The Balaban J connectivity index is 1.55. The number of carbonyl (C=O) groups excluding carboxylic acids is 1. The number of aromatic nitrogens is 3. The minimum absolute atomic E-state index is 0.134. The Morgan fingerprint density at radius 1 is 1.22 bits per heavy atom. The second-order valence-electron chi connectivity index (χ2n) is 4.81. The lowest BCUT2D eigenvalue weighted by molar-refractivity contribution is -0.118. The topological polar surface area (TPSA) is 103 Å². The smallest absolute Gasteiger partial charge is 0.263 e. The van der Waals surface area contributed by atoms with Gasteiger partial charge in [0, 0.05) is 18.6 Å². The summed E-state index contributed by atoms with van der Waals surface area (Å²) in [6.45, 7) is 3.33. The van der Waals surface area contributed by atoms with Gasteiger partial charge >= 0.3 is 0 Å². The summed E-state index contributed by atoms with van der Waals surface area (Å²) in [6.07, 6.45) is 0. The molecular formula is C15H14N4O4. The fourth-order valence-corrected chi connectivity index (χ4v) is 1.86. The molecule has 23 heavy (non-hydrogen) atoms. The second kappa shape index (κ2) is 6.30. The number of amides is 1. The number of ether oxygens (including phenoxy) is 1. The molecule has 1 amide bonds. The molecule has 1 N–H and O–H groups in total. The maximum absolute atomic E-state index is 11.7. The molecule has 0 saturated carbocycles. The molecule has 118 valence electrons. The SMILES string of the molecule is Cc1cc(NC(=O)COc2ccc(-c3nnc(C)o3)cc2)no1. The Hall–Kier alpha value is -3.16. The lowest BCUT2D eigenvalue weighted by Gasteiger charge is -2.05. The number of nitrogens with zero attached hydrogens (tertiary/aromatic N) is 3. The molecule has 0 radical (unpaired) electrons. The summed E-state index contributed by atoms with van der Waals surface area (Å²) in [5.74, 6) is 2.14. The van der Waals surface area contributed by atoms with Crippen LogP contribution in [0.3, 0.4) is 0 Å². The molecule has 8 nitrogen and oxygen atoms in total. The molecule has 0 spiro atoms. The van der Waals surface area contributed by atoms with Crippen LogP contribution in [-0.4, -0.2) is 27.9 Å². The highest BCUT2D eigenvalue weighted by Crippen LogP contribution is 2.21. The van der Waals surface area contributed by atoms with Gasteiger partial charge in [-0.3, -0.25) is 4.79 Å². The molecule has 0 unspecified atom stereocenters. The van der Waals surface area contributed by atoms with E-state index in [1.54, 1.807) is 44.2 Å². The van der Waals surface area contributed by atoms with Crippen molar-refractivity contribution in [1.29, 1.82) is 0 Å². The highest BCUT2D eigenvalue weighted by atomic mass is 16.5. The van der Waals surface area contributed by atoms with Crippen LogP contribution >= 0.6 is 0 Å². The van der Waals surface area contributed by atoms with Crippen LogP contribution in [0, 0.1) is 13.8 Å². The van der Waals surface area contributed by atoms with E-state index in [9.17, 15) is 4.79 Å². The van der Waals surface area contributed by atoms with Gasteiger partial charge in [0.15, 0.2) is 12.4 Å². The van der Waals surface area contributed by atoms with Crippen LogP contribution in [-0.2, 0) is 4.79 Å². The Morgan fingerprint density at radius 2 is 2.00 bits per heavy atom. The Bertz CT molecular complexity index is 807. The van der Waals surface area contributed by atoms with Gasteiger partial charge in [0.1, 0.15) is 11.5 Å². The van der Waals surface area contributed by atoms with Gasteiger partial charge in [0.25, 0.3) is 5.91 Å². The molecule has 2 aromatic heterocycles. The van der Waals surface area contributed by atoms with Crippen LogP contribution in [0.15, 0.2) is 39.3 Å². The number of benzene rings is 1. The van der Waals surface area contributed by atoms with Gasteiger partial charge in [-0.2, -0.15) is 0 Å². The van der Waals surface area contributed by atoms with E-state index in [4.69, 9.17) is 13.7 Å². The summed E-state index contributed by atoms with van der Waals surface area (Å²) < 4.78 is 15.6. The second-order valence-corrected chi connectivity index (χ2v) is 4.81. The Labute approximate surface area is 131 Å². The molecule has 0 bridgehead atoms. The minimum Gasteiger partial charge on any atom is -0.484 e. The van der Waals surface area contributed by atoms with Crippen molar-refractivity contribution in [3.8, 4) is 17.2 Å². The van der Waals surface area contributed by atoms with Crippen molar-refractivity contribution in [1.82, 2.24) is 15.4 Å². The average Bonchev–Trinajstić information content (AvgIpc) is 3.14. The summed E-state index contributed by atoms with van der Waals surface area (Å²) in [5.41, 5.74) is 0.778. The van der Waals surface area contributed by atoms with Crippen molar-refractivity contribution in [2.24, 2.45) is 0 Å². The summed E-state index contributed by atoms with van der Waals surface area (Å²) in [4.78, 5) is 11.7. The Morgan fingerprint density at radius 3 is 2.61 bits per heavy atom. The first kappa shape index (κ1) is 14.8. The summed E-state index contributed by atoms with van der Waals surface area (Å²) in [7, 11) is 0. The zero-order chi connectivity index (χ0) is 16.2. The van der Waals surface area contributed by atoms with E-state index in [1.165, 1.54) is 0 Å². The maximum atomic E-state index is 11.7. The third-order valence-corrected chi connectivity index (χ3v) is 2.89. The maximum Gasteiger partial charge on any atom is 0.263 e. The van der Waals surface area contributed by atoms with Crippen molar-refractivity contribution in [3.63, 3.8) is 0 Å². The lowest BCUT2D eigenvalue weighted by atomic mass is 10.2. The largest absolute Gasteiger partial charge is 0.484 e. The van der Waals surface area contributed by atoms with Crippen molar-refractivity contribution in [2.75, 3.05) is 11.9 Å². The summed E-state index contributed by atoms with van der Waals surface area (Å²) in [5, 5.41) is 13.9. The molecule has 0 fully saturated rings. The van der Waals surface area contributed by atoms with Crippen LogP contribution in [0.5, 0.6) is 5.75 Å². The first-order valence-corrected chi connectivity index (χ1v) is 6.86. The van der Waals surface area contributed by atoms with E-state index in [1.807, 2.05) is 0 Å². The summed E-state index contributed by atoms with van der Waals surface area (Å²) in [6, 6.07) is 8.63. The quantitative estimate of drug-likeness (QED) is 0.771. The molecule has 2 heterocycles. The van der Waals surface area contributed by atoms with Gasteiger partial charge in [-0.15, -0.1) is 10.2 Å². The molecule has 0 aliphatic rings. The zero-order valence-corrected chi connectivity index (χ0v) is 12.6. The van der Waals surface area contributed by atoms with Crippen LogP contribution in [0.2, 0.25) is 0 Å². The first-order valence-electron chi connectivity index (χ1n) is 6.86. The van der Waals surface area contributed by atoms with Gasteiger partial charge in [-0.05, 0) is 31.2 Å². The molecule has 1 aromatic carbocycles. The number of nitrogens with one attached hydrogen (secondary N) is 1. The van der Waals surface area contributed by atoms with E-state index in [2.05, 4.69) is 20.7 Å². The molecule has 0 aliphatic carbocycles. The molecular weight excluding hydrogens is 300 g/mol. The fourth-order valence-electron chi connectivity index (χ4n) is 1.86. The number of anilines is 1. The van der Waals surface area contributed by atoms with E-state index in [0.717, 1.165) is 5.56 Å². The fraction of sp³-hybridized carbons (Fsp3) is 0.200. The van der Waals surface area contributed by atoms with E-state index < -0.39 is 0 Å². The lowest BCUT2D eigenvalue weighted by Crippen LogP contribution is -2.20. The number of rotatable bonds is 5. The van der Waals surface area contributed by atoms with Gasteiger partial charge in [-0.25, -0.2) is 0 Å². The zero-order valence-electron chi connectivity index (χ0n) is 12.6. The van der Waals surface area contributed by atoms with Crippen molar-refractivity contribution < 1.29 is 18.5 Å². The third kappa shape index (κ3) is 3.73. The summed E-state index contributed by atoms with van der Waals surface area (Å²) >= 11 is 0. The van der Waals surface area contributed by atoms with Gasteiger partial charge in [0.05, 0.1) is 0 Å². The number of carbonyl (C=O) groups is 1. The first-order chi connectivity index (χ1) is 11.1. The van der Waals surface area contributed by atoms with Crippen LogP contribution < -0.4 is 10.1 Å². The van der Waals surface area contributed by atoms with E-state index in [-0.39, 0.29) is 12.5 Å². The van der Waals surface area contributed by atoms with Crippen LogP contribution in [0.25, 0.3) is 11.5 Å². The molecule has 0 saturated heterocycles. The van der Waals surface area contributed by atoms with Crippen molar-refractivity contribution in [3.05, 3.63) is 42.0 Å². The normalized spacial score (nSPS) is 10.5. The monoisotopic (exact) mass is 314 g/mol. The van der Waals surface area contributed by atoms with Crippen LogP contribution in [0.1, 0.15) is 11.7 Å². The highest BCUT2D eigenvalue weighted by molar-refractivity contribution is 5.90. The molecule has 0 atom stereocenters. The molecule has 8 heteroatoms. The molecule has 3 rings (SSSR count).